The van der Waals surface area contributed by atoms with Gasteiger partial charge in [-0.15, -0.1) is 12.4 Å². The second-order valence-electron chi connectivity index (χ2n) is 5.67. The van der Waals surface area contributed by atoms with Crippen LogP contribution in [0.3, 0.4) is 0 Å². The summed E-state index contributed by atoms with van der Waals surface area (Å²) >= 11 is 0. The van der Waals surface area contributed by atoms with Crippen molar-refractivity contribution in [1.82, 2.24) is 19.5 Å². The van der Waals surface area contributed by atoms with Gasteiger partial charge in [0, 0.05) is 18.0 Å². The number of aromatic amines is 1. The maximum absolute atomic E-state index is 8.41. The fourth-order valence-corrected chi connectivity index (χ4v) is 2.44. The highest BCUT2D eigenvalue weighted by Crippen LogP contribution is 2.24. The zero-order chi connectivity index (χ0) is 19.1. The first-order valence-electron chi connectivity index (χ1n) is 8.28. The molecule has 0 saturated carbocycles. The summed E-state index contributed by atoms with van der Waals surface area (Å²) in [5, 5.41) is 8.41. The van der Waals surface area contributed by atoms with E-state index in [0.29, 0.717) is 11.8 Å². The number of nitriles is 1. The van der Waals surface area contributed by atoms with Gasteiger partial charge >= 0.3 is 0 Å². The number of nitrogens with one attached hydrogen (secondary N) is 1. The lowest BCUT2D eigenvalue weighted by Crippen LogP contribution is -2.06. The van der Waals surface area contributed by atoms with E-state index in [9.17, 15) is 0 Å². The second kappa shape index (κ2) is 9.92. The summed E-state index contributed by atoms with van der Waals surface area (Å²) < 4.78 is 1.78. The van der Waals surface area contributed by atoms with Gasteiger partial charge in [-0.2, -0.15) is 10.2 Å². The molecular formula is C20H20ClN7. The van der Waals surface area contributed by atoms with Gasteiger partial charge in [-0.25, -0.2) is 4.98 Å². The lowest BCUT2D eigenvalue weighted by atomic mass is 10.1. The summed E-state index contributed by atoms with van der Waals surface area (Å²) in [6.07, 6.45) is 5.18. The highest BCUT2D eigenvalue weighted by Gasteiger charge is 2.09. The van der Waals surface area contributed by atoms with Gasteiger partial charge in [0.05, 0.1) is 11.8 Å². The van der Waals surface area contributed by atoms with Crippen LogP contribution in [0.2, 0.25) is 0 Å². The lowest BCUT2D eigenvalue weighted by Gasteiger charge is -1.99. The largest absolute Gasteiger partial charge is 0.382 e. The van der Waals surface area contributed by atoms with Crippen molar-refractivity contribution in [3.05, 3.63) is 84.9 Å². The molecule has 142 valence electrons. The van der Waals surface area contributed by atoms with Gasteiger partial charge in [-0.3, -0.25) is 4.57 Å². The minimum Gasteiger partial charge on any atom is -0.382 e. The van der Waals surface area contributed by atoms with Gasteiger partial charge in [0.15, 0.2) is 5.82 Å². The molecule has 0 spiro atoms. The monoisotopic (exact) mass is 393 g/mol. The number of rotatable bonds is 3. The van der Waals surface area contributed by atoms with Crippen LogP contribution < -0.4 is 11.5 Å². The molecule has 5 N–H and O–H groups in total. The molecule has 7 nitrogen and oxygen atoms in total. The van der Waals surface area contributed by atoms with E-state index >= 15 is 0 Å². The minimum atomic E-state index is -0.485. The van der Waals surface area contributed by atoms with Crippen molar-refractivity contribution in [2.45, 2.75) is 6.04 Å². The third-order valence-corrected chi connectivity index (χ3v) is 3.83. The minimum absolute atomic E-state index is 0. The number of hydrogen-bond donors (Lipinski definition) is 3. The van der Waals surface area contributed by atoms with Crippen LogP contribution in [0, 0.1) is 11.3 Å². The van der Waals surface area contributed by atoms with E-state index in [-0.39, 0.29) is 12.4 Å². The van der Waals surface area contributed by atoms with Crippen LogP contribution in [0.4, 0.5) is 5.82 Å². The quantitative estimate of drug-likeness (QED) is 0.491. The zero-order valence-corrected chi connectivity index (χ0v) is 15.8. The predicted octanol–water partition coefficient (Wildman–Crippen LogP) is 3.48. The van der Waals surface area contributed by atoms with Crippen molar-refractivity contribution in [2.75, 3.05) is 5.73 Å². The molecule has 4 rings (SSSR count). The molecule has 28 heavy (non-hydrogen) atoms. The number of aromatic nitrogens is 4. The highest BCUT2D eigenvalue weighted by molar-refractivity contribution is 5.85. The van der Waals surface area contributed by atoms with Crippen molar-refractivity contribution < 1.29 is 0 Å². The number of halogens is 1. The normalized spacial score (nSPS) is 10.7. The number of nitrogen functional groups attached to an aromatic ring is 1. The Bertz CT molecular complexity index is 1010. The second-order valence-corrected chi connectivity index (χ2v) is 5.67. The molecule has 1 unspecified atom stereocenters. The molecule has 0 aliphatic carbocycles. The van der Waals surface area contributed by atoms with E-state index in [2.05, 4.69) is 15.0 Å². The summed E-state index contributed by atoms with van der Waals surface area (Å²) in [5.41, 5.74) is 14.0. The van der Waals surface area contributed by atoms with Crippen LogP contribution in [-0.4, -0.2) is 19.5 Å². The first kappa shape index (κ1) is 20.7. The predicted molar refractivity (Wildman–Crippen MR) is 112 cm³/mol. The SMILES string of the molecule is Cl.N#CC(N)c1ccccc1.Nc1nc(-n2ccnc2)[nH]c1-c1ccccc1. The third-order valence-electron chi connectivity index (χ3n) is 3.83. The van der Waals surface area contributed by atoms with Crippen LogP contribution >= 0.6 is 12.4 Å². The maximum Gasteiger partial charge on any atom is 0.214 e. The van der Waals surface area contributed by atoms with E-state index < -0.39 is 6.04 Å². The summed E-state index contributed by atoms with van der Waals surface area (Å²) in [5.74, 6) is 1.15. The first-order chi connectivity index (χ1) is 13.2. The van der Waals surface area contributed by atoms with Gasteiger partial charge in [0.1, 0.15) is 12.4 Å². The molecule has 0 fully saturated rings. The fourth-order valence-electron chi connectivity index (χ4n) is 2.44. The Labute approximate surface area is 169 Å². The maximum atomic E-state index is 8.41. The van der Waals surface area contributed by atoms with Gasteiger partial charge < -0.3 is 16.5 Å². The van der Waals surface area contributed by atoms with E-state index in [1.54, 1.807) is 17.1 Å². The summed E-state index contributed by atoms with van der Waals surface area (Å²) in [7, 11) is 0. The Hall–Kier alpha value is -3.60. The highest BCUT2D eigenvalue weighted by atomic mass is 35.5. The van der Waals surface area contributed by atoms with Crippen molar-refractivity contribution >= 4 is 18.2 Å². The topological polar surface area (TPSA) is 122 Å². The van der Waals surface area contributed by atoms with E-state index in [1.807, 2.05) is 72.9 Å². The summed E-state index contributed by atoms with van der Waals surface area (Å²) in [6.45, 7) is 0. The standard InChI is InChI=1S/C12H11N5.C8H8N2.ClH/c13-11-10(9-4-2-1-3-5-9)15-12(16-11)17-7-6-14-8-17;9-6-8(10)7-4-2-1-3-5-7;/h1-8H,13H2,(H,15,16);1-5,8H,10H2;1H. The number of hydrogen-bond acceptors (Lipinski definition) is 5. The summed E-state index contributed by atoms with van der Waals surface area (Å²) in [6, 6.07) is 20.7. The molecule has 2 heterocycles. The van der Waals surface area contributed by atoms with Gasteiger partial charge in [-0.1, -0.05) is 60.7 Å². The van der Waals surface area contributed by atoms with Crippen LogP contribution in [-0.2, 0) is 0 Å². The van der Waals surface area contributed by atoms with E-state index in [4.69, 9.17) is 16.7 Å². The Kier molecular flexibility index (Phi) is 7.34. The summed E-state index contributed by atoms with van der Waals surface area (Å²) in [4.78, 5) is 11.4. The molecule has 0 saturated heterocycles. The van der Waals surface area contributed by atoms with Gasteiger partial charge in [0.25, 0.3) is 0 Å². The van der Waals surface area contributed by atoms with Gasteiger partial charge in [0.2, 0.25) is 5.95 Å². The molecule has 1 atom stereocenters. The zero-order valence-electron chi connectivity index (χ0n) is 14.9. The molecule has 0 radical (unpaired) electrons. The molecule has 0 aliphatic heterocycles. The van der Waals surface area contributed by atoms with Crippen molar-refractivity contribution in [2.24, 2.45) is 5.73 Å². The molecule has 0 aliphatic rings. The molecule has 2 aromatic carbocycles. The fraction of sp³-hybridized carbons (Fsp3) is 0.0500. The molecule has 8 heteroatoms. The van der Waals surface area contributed by atoms with Crippen LogP contribution in [0.15, 0.2) is 79.4 Å². The van der Waals surface area contributed by atoms with Crippen molar-refractivity contribution in [3.8, 4) is 23.3 Å². The van der Waals surface area contributed by atoms with E-state index in [0.717, 1.165) is 16.8 Å². The van der Waals surface area contributed by atoms with Crippen molar-refractivity contribution in [3.63, 3.8) is 0 Å². The Morgan fingerprint density at radius 1 is 1.04 bits per heavy atom. The molecule has 0 bridgehead atoms. The van der Waals surface area contributed by atoms with Crippen LogP contribution in [0.25, 0.3) is 17.2 Å². The molecule has 4 aromatic rings. The number of anilines is 1. The first-order valence-corrected chi connectivity index (χ1v) is 8.28. The average molecular weight is 394 g/mol. The third kappa shape index (κ3) is 4.98. The molecule has 0 amide bonds. The van der Waals surface area contributed by atoms with Gasteiger partial charge in [-0.05, 0) is 5.56 Å². The number of H-pyrrole nitrogens is 1. The van der Waals surface area contributed by atoms with Crippen molar-refractivity contribution in [1.29, 1.82) is 5.26 Å². The smallest absolute Gasteiger partial charge is 0.214 e. The number of benzene rings is 2. The Morgan fingerprint density at radius 2 is 1.68 bits per heavy atom. The Balaban J connectivity index is 0.000000221. The number of nitrogens with zero attached hydrogens (tertiary/aromatic N) is 4. The van der Waals surface area contributed by atoms with Crippen LogP contribution in [0.5, 0.6) is 0 Å². The number of imidazole rings is 2. The average Bonchev–Trinajstić information content (AvgIpc) is 3.39. The lowest BCUT2D eigenvalue weighted by molar-refractivity contribution is 0.926. The molecular weight excluding hydrogens is 374 g/mol. The Morgan fingerprint density at radius 3 is 2.25 bits per heavy atom. The number of nitrogens with two attached hydrogens (primary N) is 2. The van der Waals surface area contributed by atoms with Crippen LogP contribution in [0.1, 0.15) is 11.6 Å². The van der Waals surface area contributed by atoms with E-state index in [1.165, 1.54) is 0 Å². The molecule has 2 aromatic heterocycles.